The minimum absolute atomic E-state index is 1.12. The molecule has 0 saturated heterocycles. The molecule has 0 fully saturated rings. The Hall–Kier alpha value is -6.12. The summed E-state index contributed by atoms with van der Waals surface area (Å²) < 4.78 is 0. The third-order valence-electron chi connectivity index (χ3n) is 9.17. The third kappa shape index (κ3) is 7.16. The predicted molar refractivity (Wildman–Crippen MR) is 216 cm³/mol. The lowest BCUT2D eigenvalue weighted by Crippen LogP contribution is -2.12. The highest BCUT2D eigenvalue weighted by Crippen LogP contribution is 2.41. The molecule has 0 aliphatic carbocycles. The van der Waals surface area contributed by atoms with Crippen LogP contribution in [0.1, 0.15) is 33.4 Å². The van der Waals surface area contributed by atoms with E-state index < -0.39 is 0 Å². The number of hydrogen-bond donors (Lipinski definition) is 0. The molecule has 0 aliphatic rings. The molecule has 0 aliphatic heterocycles. The van der Waals surface area contributed by atoms with Crippen molar-refractivity contribution in [2.75, 3.05) is 9.80 Å². The van der Waals surface area contributed by atoms with Crippen LogP contribution in [-0.2, 0) is 0 Å². The molecule has 7 aromatic rings. The normalized spacial score (nSPS) is 11.1. The Balaban J connectivity index is 1.32. The SMILES string of the molecule is Cc1ccc(N(c2ccc(C)cc2)c2ccc(C=Cc3c(-c4ccccc4)cccc3N(c3ccc(C)cc3)c3ccc(C)cc3)cc2)cc1. The van der Waals surface area contributed by atoms with Gasteiger partial charge in [0.05, 0.1) is 5.69 Å². The summed E-state index contributed by atoms with van der Waals surface area (Å²) in [5, 5.41) is 0. The fraction of sp³-hybridized carbons (Fsp3) is 0.0833. The molecule has 0 N–H and O–H groups in total. The van der Waals surface area contributed by atoms with E-state index in [-0.39, 0.29) is 0 Å². The summed E-state index contributed by atoms with van der Waals surface area (Å²) in [6, 6.07) is 61.2. The summed E-state index contributed by atoms with van der Waals surface area (Å²) in [5.41, 5.74) is 16.4. The second-order valence-electron chi connectivity index (χ2n) is 13.0. The highest BCUT2D eigenvalue weighted by atomic mass is 15.1. The summed E-state index contributed by atoms with van der Waals surface area (Å²) in [7, 11) is 0. The first-order valence-electron chi connectivity index (χ1n) is 17.3. The van der Waals surface area contributed by atoms with Gasteiger partial charge in [-0.25, -0.2) is 0 Å². The van der Waals surface area contributed by atoms with Gasteiger partial charge in [0.25, 0.3) is 0 Å². The molecule has 0 saturated carbocycles. The Kier molecular flexibility index (Phi) is 9.44. The van der Waals surface area contributed by atoms with Crippen molar-refractivity contribution in [3.8, 4) is 11.1 Å². The Morgan fingerprint density at radius 2 is 0.740 bits per heavy atom. The first-order chi connectivity index (χ1) is 24.4. The van der Waals surface area contributed by atoms with E-state index in [9.17, 15) is 0 Å². The standard InChI is InChI=1S/C48H42N2/c1-35-13-24-41(25-14-35)49(42-26-15-36(2)16-27-42)43-32-21-39(22-33-43)23-34-47-46(40-9-6-5-7-10-40)11-8-12-48(47)50(44-28-17-37(3)18-29-44)45-30-19-38(4)20-31-45/h5-34H,1-4H3. The highest BCUT2D eigenvalue weighted by Gasteiger charge is 2.18. The summed E-state index contributed by atoms with van der Waals surface area (Å²) in [6.45, 7) is 8.53. The van der Waals surface area contributed by atoms with Crippen molar-refractivity contribution in [3.63, 3.8) is 0 Å². The smallest absolute Gasteiger partial charge is 0.0540 e. The van der Waals surface area contributed by atoms with Crippen LogP contribution in [-0.4, -0.2) is 0 Å². The van der Waals surface area contributed by atoms with Crippen LogP contribution in [0.4, 0.5) is 34.1 Å². The molecule has 0 unspecified atom stereocenters. The molecule has 50 heavy (non-hydrogen) atoms. The quantitative estimate of drug-likeness (QED) is 0.144. The van der Waals surface area contributed by atoms with Gasteiger partial charge in [-0.2, -0.15) is 0 Å². The van der Waals surface area contributed by atoms with Gasteiger partial charge in [0, 0.05) is 34.0 Å². The predicted octanol–water partition coefficient (Wildman–Crippen LogP) is 13.7. The molecule has 0 atom stereocenters. The average Bonchev–Trinajstić information content (AvgIpc) is 3.15. The lowest BCUT2D eigenvalue weighted by molar-refractivity contribution is 1.26. The van der Waals surface area contributed by atoms with Crippen LogP contribution >= 0.6 is 0 Å². The molecule has 0 bridgehead atoms. The summed E-state index contributed by atoms with van der Waals surface area (Å²) in [5.74, 6) is 0. The third-order valence-corrected chi connectivity index (χ3v) is 9.17. The Morgan fingerprint density at radius 1 is 0.340 bits per heavy atom. The maximum Gasteiger partial charge on any atom is 0.0540 e. The summed E-state index contributed by atoms with van der Waals surface area (Å²) in [6.07, 6.45) is 4.51. The summed E-state index contributed by atoms with van der Waals surface area (Å²) >= 11 is 0. The fourth-order valence-electron chi connectivity index (χ4n) is 6.36. The van der Waals surface area contributed by atoms with Gasteiger partial charge in [-0.3, -0.25) is 0 Å². The van der Waals surface area contributed by atoms with E-state index in [0.29, 0.717) is 0 Å². The maximum absolute atomic E-state index is 2.37. The number of rotatable bonds is 9. The number of anilines is 6. The molecule has 244 valence electrons. The van der Waals surface area contributed by atoms with Gasteiger partial charge in [0.1, 0.15) is 0 Å². The molecule has 0 amide bonds. The van der Waals surface area contributed by atoms with E-state index in [1.165, 1.54) is 33.4 Å². The van der Waals surface area contributed by atoms with E-state index in [1.54, 1.807) is 0 Å². The van der Waals surface area contributed by atoms with E-state index in [2.05, 4.69) is 220 Å². The van der Waals surface area contributed by atoms with E-state index in [1.807, 2.05) is 0 Å². The monoisotopic (exact) mass is 646 g/mol. The van der Waals surface area contributed by atoms with Crippen LogP contribution in [0.15, 0.2) is 170 Å². The first kappa shape index (κ1) is 32.4. The molecule has 7 aromatic carbocycles. The van der Waals surface area contributed by atoms with E-state index in [4.69, 9.17) is 0 Å². The van der Waals surface area contributed by atoms with Crippen LogP contribution in [0.5, 0.6) is 0 Å². The zero-order valence-electron chi connectivity index (χ0n) is 29.2. The summed E-state index contributed by atoms with van der Waals surface area (Å²) in [4.78, 5) is 4.69. The van der Waals surface area contributed by atoms with Crippen molar-refractivity contribution in [2.45, 2.75) is 27.7 Å². The van der Waals surface area contributed by atoms with Gasteiger partial charge < -0.3 is 9.80 Å². The van der Waals surface area contributed by atoms with Gasteiger partial charge >= 0.3 is 0 Å². The van der Waals surface area contributed by atoms with Gasteiger partial charge in [0.2, 0.25) is 0 Å². The van der Waals surface area contributed by atoms with Crippen molar-refractivity contribution in [1.29, 1.82) is 0 Å². The number of benzene rings is 7. The highest BCUT2D eigenvalue weighted by molar-refractivity contribution is 5.92. The molecule has 0 aromatic heterocycles. The first-order valence-corrected chi connectivity index (χ1v) is 17.3. The second-order valence-corrected chi connectivity index (χ2v) is 13.0. The van der Waals surface area contributed by atoms with Crippen LogP contribution < -0.4 is 9.80 Å². The molecule has 2 nitrogen and oxygen atoms in total. The number of aryl methyl sites for hydroxylation is 4. The van der Waals surface area contributed by atoms with Gasteiger partial charge in [0.15, 0.2) is 0 Å². The van der Waals surface area contributed by atoms with Crippen LogP contribution in [0.3, 0.4) is 0 Å². The molecular formula is C48H42N2. The van der Waals surface area contributed by atoms with Crippen molar-refractivity contribution < 1.29 is 0 Å². The number of hydrogen-bond acceptors (Lipinski definition) is 2. The van der Waals surface area contributed by atoms with Gasteiger partial charge in [-0.05, 0) is 111 Å². The van der Waals surface area contributed by atoms with Gasteiger partial charge in [-0.15, -0.1) is 0 Å². The van der Waals surface area contributed by atoms with Crippen molar-refractivity contribution in [1.82, 2.24) is 0 Å². The molecule has 0 spiro atoms. The van der Waals surface area contributed by atoms with E-state index in [0.717, 1.165) is 45.3 Å². The topological polar surface area (TPSA) is 6.48 Å². The minimum Gasteiger partial charge on any atom is -0.311 e. The second kappa shape index (κ2) is 14.6. The zero-order chi connectivity index (χ0) is 34.5. The maximum atomic E-state index is 2.37. The van der Waals surface area contributed by atoms with Crippen LogP contribution in [0, 0.1) is 27.7 Å². The minimum atomic E-state index is 1.12. The zero-order valence-corrected chi connectivity index (χ0v) is 29.2. The Bertz CT molecular complexity index is 2100. The number of nitrogens with zero attached hydrogens (tertiary/aromatic N) is 2. The van der Waals surface area contributed by atoms with Crippen molar-refractivity contribution >= 4 is 46.3 Å². The van der Waals surface area contributed by atoms with Gasteiger partial charge in [-0.1, -0.05) is 138 Å². The molecular weight excluding hydrogens is 605 g/mol. The van der Waals surface area contributed by atoms with E-state index >= 15 is 0 Å². The average molecular weight is 647 g/mol. The largest absolute Gasteiger partial charge is 0.311 e. The van der Waals surface area contributed by atoms with Crippen molar-refractivity contribution in [2.24, 2.45) is 0 Å². The van der Waals surface area contributed by atoms with Crippen LogP contribution in [0.2, 0.25) is 0 Å². The fourth-order valence-corrected chi connectivity index (χ4v) is 6.36. The molecule has 0 heterocycles. The molecule has 2 heteroatoms. The van der Waals surface area contributed by atoms with Crippen LogP contribution in [0.25, 0.3) is 23.3 Å². The molecule has 7 rings (SSSR count). The Morgan fingerprint density at radius 3 is 1.18 bits per heavy atom. The Labute approximate surface area is 297 Å². The van der Waals surface area contributed by atoms with Crippen molar-refractivity contribution in [3.05, 3.63) is 203 Å². The molecule has 0 radical (unpaired) electrons. The lowest BCUT2D eigenvalue weighted by Gasteiger charge is -2.28. The lowest BCUT2D eigenvalue weighted by atomic mass is 9.96.